The van der Waals surface area contributed by atoms with Crippen LogP contribution < -0.4 is 4.72 Å². The first-order valence-corrected chi connectivity index (χ1v) is 8.04. The van der Waals surface area contributed by atoms with Crippen molar-refractivity contribution in [1.82, 2.24) is 14.9 Å². The fourth-order valence-corrected chi connectivity index (χ4v) is 3.57. The number of nitrogens with zero attached hydrogens (tertiary/aromatic N) is 1. The summed E-state index contributed by atoms with van der Waals surface area (Å²) in [4.78, 5) is 10.8. The van der Waals surface area contributed by atoms with E-state index in [2.05, 4.69) is 14.9 Å². The first kappa shape index (κ1) is 14.8. The minimum Gasteiger partial charge on any atom is -0.478 e. The molecule has 2 unspecified atom stereocenters. The molecule has 1 heterocycles. The van der Waals surface area contributed by atoms with E-state index in [0.717, 1.165) is 6.20 Å². The molecule has 10 heteroatoms. The Balaban J connectivity index is 2.96. The lowest BCUT2D eigenvalue weighted by atomic mass is 10.4. The fourth-order valence-electron chi connectivity index (χ4n) is 1.34. The number of carboxylic acid groups (broad SMARTS) is 1. The van der Waals surface area contributed by atoms with Crippen LogP contribution in [0.4, 0.5) is 0 Å². The Morgan fingerprint density at radius 1 is 1.67 bits per heavy atom. The van der Waals surface area contributed by atoms with Crippen LogP contribution in [0.25, 0.3) is 0 Å². The molecule has 0 aliphatic heterocycles. The number of aromatic amines is 1. The molecule has 0 amide bonds. The maximum Gasteiger partial charge on any atom is 0.340 e. The largest absolute Gasteiger partial charge is 0.478 e. The van der Waals surface area contributed by atoms with Gasteiger partial charge < -0.3 is 5.11 Å². The van der Waals surface area contributed by atoms with Crippen LogP contribution in [0.1, 0.15) is 17.3 Å². The molecule has 0 aliphatic carbocycles. The van der Waals surface area contributed by atoms with Crippen molar-refractivity contribution in [3.8, 4) is 0 Å². The summed E-state index contributed by atoms with van der Waals surface area (Å²) in [7, 11) is -5.18. The second-order valence-corrected chi connectivity index (χ2v) is 6.81. The van der Waals surface area contributed by atoms with Crippen LogP contribution in [-0.2, 0) is 20.8 Å². The van der Waals surface area contributed by atoms with Crippen molar-refractivity contribution in [2.45, 2.75) is 18.0 Å². The second kappa shape index (κ2) is 5.59. The summed E-state index contributed by atoms with van der Waals surface area (Å²) in [6, 6.07) is -0.578. The van der Waals surface area contributed by atoms with Gasteiger partial charge in [0, 0.05) is 28.9 Å². The van der Waals surface area contributed by atoms with Crippen LogP contribution >= 0.6 is 0 Å². The van der Waals surface area contributed by atoms with Crippen molar-refractivity contribution in [1.29, 1.82) is 0 Å². The highest BCUT2D eigenvalue weighted by atomic mass is 32.2. The molecule has 1 aromatic heterocycles. The number of aromatic nitrogens is 2. The lowest BCUT2D eigenvalue weighted by Gasteiger charge is -2.12. The van der Waals surface area contributed by atoms with Crippen molar-refractivity contribution < 1.29 is 22.5 Å². The molecule has 8 nitrogen and oxygen atoms in total. The van der Waals surface area contributed by atoms with E-state index in [1.54, 1.807) is 0 Å². The lowest BCUT2D eigenvalue weighted by Crippen LogP contribution is -2.37. The van der Waals surface area contributed by atoms with E-state index >= 15 is 0 Å². The highest BCUT2D eigenvalue weighted by Gasteiger charge is 2.26. The number of H-pyrrole nitrogens is 1. The monoisotopic (exact) mass is 295 g/mol. The molecule has 0 aliphatic rings. The van der Waals surface area contributed by atoms with Crippen molar-refractivity contribution in [3.63, 3.8) is 0 Å². The Bertz CT molecular complexity index is 565. The highest BCUT2D eigenvalue weighted by molar-refractivity contribution is 7.89. The summed E-state index contributed by atoms with van der Waals surface area (Å²) in [5, 5.41) is 13.8. The summed E-state index contributed by atoms with van der Waals surface area (Å²) in [5.41, 5.74) is -0.438. The van der Waals surface area contributed by atoms with Crippen molar-refractivity contribution in [2.75, 3.05) is 12.0 Å². The number of carbonyl (C=O) groups is 1. The van der Waals surface area contributed by atoms with Gasteiger partial charge in [0.05, 0.1) is 6.20 Å². The maximum absolute atomic E-state index is 11.9. The summed E-state index contributed by atoms with van der Waals surface area (Å²) >= 11 is 0. The van der Waals surface area contributed by atoms with Gasteiger partial charge in [-0.3, -0.25) is 9.31 Å². The molecule has 0 saturated heterocycles. The van der Waals surface area contributed by atoms with Crippen LogP contribution in [0.15, 0.2) is 11.2 Å². The number of sulfonamides is 1. The molecule has 2 atom stereocenters. The molecule has 1 rings (SSSR count). The van der Waals surface area contributed by atoms with Gasteiger partial charge >= 0.3 is 5.97 Å². The Morgan fingerprint density at radius 3 is 2.78 bits per heavy atom. The molecular formula is C8H13N3O5S2. The van der Waals surface area contributed by atoms with E-state index in [1.165, 1.54) is 13.2 Å². The number of hydrogen-bond donors (Lipinski definition) is 3. The van der Waals surface area contributed by atoms with E-state index in [9.17, 15) is 17.4 Å². The predicted octanol–water partition coefficient (Wildman–Crippen LogP) is -0.847. The number of carboxylic acids is 1. The number of rotatable bonds is 6. The number of nitrogens with one attached hydrogen (secondary N) is 2. The third kappa shape index (κ3) is 3.62. The smallest absolute Gasteiger partial charge is 0.340 e. The zero-order valence-electron chi connectivity index (χ0n) is 9.71. The molecule has 0 saturated carbocycles. The Labute approximate surface area is 106 Å². The minimum atomic E-state index is -4.02. The van der Waals surface area contributed by atoms with Gasteiger partial charge in [-0.25, -0.2) is 17.9 Å². The quantitative estimate of drug-likeness (QED) is 0.627. The van der Waals surface area contributed by atoms with Crippen molar-refractivity contribution in [3.05, 3.63) is 11.8 Å². The Hall–Kier alpha value is -1.26. The average molecular weight is 295 g/mol. The molecule has 0 spiro atoms. The maximum atomic E-state index is 11.9. The Kier molecular flexibility index (Phi) is 4.59. The van der Waals surface area contributed by atoms with Gasteiger partial charge in [0.2, 0.25) is 0 Å². The van der Waals surface area contributed by atoms with Gasteiger partial charge in [0.25, 0.3) is 10.0 Å². The first-order valence-electron chi connectivity index (χ1n) is 4.83. The molecule has 3 N–H and O–H groups in total. The summed E-state index contributed by atoms with van der Waals surface area (Å²) in [6.07, 6.45) is 2.36. The molecular weight excluding hydrogens is 282 g/mol. The molecule has 1 aromatic rings. The average Bonchev–Trinajstić information content (AvgIpc) is 2.63. The van der Waals surface area contributed by atoms with Gasteiger partial charge in [-0.15, -0.1) is 0 Å². The third-order valence-electron chi connectivity index (χ3n) is 1.94. The van der Waals surface area contributed by atoms with Crippen LogP contribution in [0.3, 0.4) is 0 Å². The third-order valence-corrected chi connectivity index (χ3v) is 4.48. The predicted molar refractivity (Wildman–Crippen MR) is 64.3 cm³/mol. The summed E-state index contributed by atoms with van der Waals surface area (Å²) in [5.74, 6) is -1.26. The Morgan fingerprint density at radius 2 is 2.28 bits per heavy atom. The molecule has 18 heavy (non-hydrogen) atoms. The van der Waals surface area contributed by atoms with Crippen molar-refractivity contribution in [2.24, 2.45) is 0 Å². The van der Waals surface area contributed by atoms with Crippen LogP contribution in [0.5, 0.6) is 0 Å². The van der Waals surface area contributed by atoms with Crippen LogP contribution in [0.2, 0.25) is 0 Å². The van der Waals surface area contributed by atoms with E-state index in [1.807, 2.05) is 0 Å². The zero-order chi connectivity index (χ0) is 13.9. The van der Waals surface area contributed by atoms with Crippen LogP contribution in [-0.4, -0.2) is 52.0 Å². The summed E-state index contributed by atoms with van der Waals surface area (Å²) in [6.45, 7) is 1.54. The van der Waals surface area contributed by atoms with E-state index in [0.29, 0.717) is 0 Å². The summed E-state index contributed by atoms with van der Waals surface area (Å²) < 4.78 is 36.9. The standard InChI is InChI=1S/C8H13N3O5S2/c1-5(4-17(2)14)11-18(15,16)7-6(8(12)13)3-9-10-7/h3,5,11H,4H2,1-2H3,(H,9,10)(H,12,13). The van der Waals surface area contributed by atoms with Gasteiger partial charge in [-0.05, 0) is 6.92 Å². The lowest BCUT2D eigenvalue weighted by molar-refractivity contribution is 0.0692. The topological polar surface area (TPSA) is 129 Å². The van der Waals surface area contributed by atoms with Crippen molar-refractivity contribution >= 4 is 26.8 Å². The van der Waals surface area contributed by atoms with Gasteiger partial charge in [0.1, 0.15) is 5.56 Å². The first-order chi connectivity index (χ1) is 8.24. The molecule has 0 bridgehead atoms. The normalized spacial score (nSPS) is 15.2. The van der Waals surface area contributed by atoms with E-state index in [-0.39, 0.29) is 5.75 Å². The minimum absolute atomic E-state index is 0.135. The van der Waals surface area contributed by atoms with Gasteiger partial charge in [-0.2, -0.15) is 5.10 Å². The molecule has 0 radical (unpaired) electrons. The number of hydrogen-bond acceptors (Lipinski definition) is 5. The molecule has 102 valence electrons. The second-order valence-electron chi connectivity index (χ2n) is 3.68. The SMILES string of the molecule is CC(CS(C)=O)NS(=O)(=O)c1[nH]ncc1C(=O)O. The number of aromatic carboxylic acids is 1. The zero-order valence-corrected chi connectivity index (χ0v) is 11.3. The fraction of sp³-hybridized carbons (Fsp3) is 0.500. The van der Waals surface area contributed by atoms with E-state index in [4.69, 9.17) is 5.11 Å². The van der Waals surface area contributed by atoms with Crippen LogP contribution in [0, 0.1) is 0 Å². The molecule has 0 aromatic carbocycles. The van der Waals surface area contributed by atoms with Gasteiger partial charge in [0.15, 0.2) is 5.03 Å². The van der Waals surface area contributed by atoms with E-state index < -0.39 is 43.4 Å². The highest BCUT2D eigenvalue weighted by Crippen LogP contribution is 2.12. The van der Waals surface area contributed by atoms with Gasteiger partial charge in [-0.1, -0.05) is 0 Å². The molecule has 0 fully saturated rings.